The molecule has 1 aliphatic rings. The number of anilines is 1. The van der Waals surface area contributed by atoms with Gasteiger partial charge in [-0.2, -0.15) is 0 Å². The van der Waals surface area contributed by atoms with E-state index in [1.165, 1.54) is 11.9 Å². The highest BCUT2D eigenvalue weighted by atomic mass is 16.5. The fraction of sp³-hybridized carbons (Fsp3) is 0.429. The predicted molar refractivity (Wildman–Crippen MR) is 74.1 cm³/mol. The third kappa shape index (κ3) is 3.48. The third-order valence-corrected chi connectivity index (χ3v) is 3.21. The van der Waals surface area contributed by atoms with Crippen LogP contribution in [0.25, 0.3) is 0 Å². The number of ether oxygens (including phenoxy) is 1. The highest BCUT2D eigenvalue weighted by Crippen LogP contribution is 2.17. The molecule has 0 aromatic heterocycles. The minimum atomic E-state index is -1.02. The molecule has 0 unspecified atom stereocenters. The number of carboxylic acids is 1. The van der Waals surface area contributed by atoms with Gasteiger partial charge in [0.25, 0.3) is 5.91 Å². The van der Waals surface area contributed by atoms with Crippen LogP contribution >= 0.6 is 0 Å². The van der Waals surface area contributed by atoms with Crippen LogP contribution in [-0.4, -0.2) is 61.8 Å². The van der Waals surface area contributed by atoms with Gasteiger partial charge in [0.05, 0.1) is 13.2 Å². The van der Waals surface area contributed by atoms with Crippen molar-refractivity contribution in [2.45, 2.75) is 0 Å². The summed E-state index contributed by atoms with van der Waals surface area (Å²) in [7, 11) is 1.48. The molecule has 1 N–H and O–H groups in total. The van der Waals surface area contributed by atoms with E-state index in [-0.39, 0.29) is 12.5 Å². The van der Waals surface area contributed by atoms with E-state index in [4.69, 9.17) is 9.84 Å². The molecule has 0 radical (unpaired) electrons. The number of hydrogen-bond acceptors (Lipinski definition) is 4. The Morgan fingerprint density at radius 3 is 2.40 bits per heavy atom. The van der Waals surface area contributed by atoms with Gasteiger partial charge in [-0.3, -0.25) is 9.59 Å². The van der Waals surface area contributed by atoms with Crippen LogP contribution in [-0.2, 0) is 9.53 Å². The molecule has 1 fully saturated rings. The van der Waals surface area contributed by atoms with Gasteiger partial charge in [0, 0.05) is 31.4 Å². The molecule has 0 spiro atoms. The van der Waals surface area contributed by atoms with Gasteiger partial charge in [-0.15, -0.1) is 0 Å². The van der Waals surface area contributed by atoms with Gasteiger partial charge in [-0.25, -0.2) is 0 Å². The molecule has 0 bridgehead atoms. The topological polar surface area (TPSA) is 70.1 Å². The fourth-order valence-corrected chi connectivity index (χ4v) is 2.13. The van der Waals surface area contributed by atoms with E-state index in [0.717, 1.165) is 18.8 Å². The number of rotatable bonds is 4. The van der Waals surface area contributed by atoms with Gasteiger partial charge >= 0.3 is 5.97 Å². The average molecular weight is 278 g/mol. The van der Waals surface area contributed by atoms with Crippen molar-refractivity contribution in [2.24, 2.45) is 0 Å². The Morgan fingerprint density at radius 1 is 1.25 bits per heavy atom. The van der Waals surface area contributed by atoms with Crippen LogP contribution in [0.2, 0.25) is 0 Å². The number of amides is 1. The van der Waals surface area contributed by atoms with Gasteiger partial charge in [0.2, 0.25) is 0 Å². The maximum Gasteiger partial charge on any atom is 0.323 e. The number of likely N-dealkylation sites (N-methyl/N-ethyl adjacent to an activating group) is 1. The first kappa shape index (κ1) is 14.3. The number of nitrogens with zero attached hydrogens (tertiary/aromatic N) is 2. The lowest BCUT2D eigenvalue weighted by Gasteiger charge is -2.29. The fourth-order valence-electron chi connectivity index (χ4n) is 2.13. The number of carbonyl (C=O) groups is 2. The first-order chi connectivity index (χ1) is 9.58. The summed E-state index contributed by atoms with van der Waals surface area (Å²) in [5.41, 5.74) is 1.54. The van der Waals surface area contributed by atoms with E-state index in [0.29, 0.717) is 18.8 Å². The molecule has 1 saturated heterocycles. The Morgan fingerprint density at radius 2 is 1.85 bits per heavy atom. The lowest BCUT2D eigenvalue weighted by Crippen LogP contribution is -2.36. The monoisotopic (exact) mass is 278 g/mol. The second-order valence-corrected chi connectivity index (χ2v) is 4.70. The van der Waals surface area contributed by atoms with Crippen molar-refractivity contribution in [3.8, 4) is 0 Å². The van der Waals surface area contributed by atoms with Crippen LogP contribution in [0.3, 0.4) is 0 Å². The number of aliphatic carboxylic acids is 1. The minimum Gasteiger partial charge on any atom is -0.480 e. The standard InChI is InChI=1S/C14H18N2O4/c1-15(10-13(17)18)14(19)11-2-4-12(5-3-11)16-6-8-20-9-7-16/h2-5H,6-10H2,1H3,(H,17,18). The molecule has 6 nitrogen and oxygen atoms in total. The van der Waals surface area contributed by atoms with Gasteiger partial charge in [0.1, 0.15) is 6.54 Å². The van der Waals surface area contributed by atoms with Crippen molar-refractivity contribution in [1.29, 1.82) is 0 Å². The summed E-state index contributed by atoms with van der Waals surface area (Å²) in [5, 5.41) is 8.68. The largest absolute Gasteiger partial charge is 0.480 e. The average Bonchev–Trinajstić information content (AvgIpc) is 2.47. The summed E-state index contributed by atoms with van der Waals surface area (Å²) in [4.78, 5) is 26.0. The van der Waals surface area contributed by atoms with Crippen LogP contribution in [0.1, 0.15) is 10.4 Å². The van der Waals surface area contributed by atoms with Crippen LogP contribution in [0.15, 0.2) is 24.3 Å². The minimum absolute atomic E-state index is 0.291. The zero-order chi connectivity index (χ0) is 14.5. The summed E-state index contributed by atoms with van der Waals surface area (Å²) in [6.45, 7) is 2.80. The molecule has 1 aromatic carbocycles. The van der Waals surface area contributed by atoms with Crippen LogP contribution in [0.4, 0.5) is 5.69 Å². The molecular weight excluding hydrogens is 260 g/mol. The van der Waals surface area contributed by atoms with E-state index in [9.17, 15) is 9.59 Å². The zero-order valence-electron chi connectivity index (χ0n) is 11.4. The van der Waals surface area contributed by atoms with Gasteiger partial charge < -0.3 is 19.6 Å². The summed E-state index contributed by atoms with van der Waals surface area (Å²) in [6, 6.07) is 7.22. The molecule has 1 heterocycles. The van der Waals surface area contributed by atoms with E-state index in [1.54, 1.807) is 12.1 Å². The molecule has 1 aliphatic heterocycles. The quantitative estimate of drug-likeness (QED) is 0.877. The van der Waals surface area contributed by atoms with E-state index in [1.807, 2.05) is 12.1 Å². The smallest absolute Gasteiger partial charge is 0.323 e. The second kappa shape index (κ2) is 6.38. The van der Waals surface area contributed by atoms with Gasteiger partial charge in [0.15, 0.2) is 0 Å². The number of morpholine rings is 1. The summed E-state index contributed by atoms with van der Waals surface area (Å²) < 4.78 is 5.29. The van der Waals surface area contributed by atoms with Crippen molar-refractivity contribution in [3.63, 3.8) is 0 Å². The molecule has 6 heteroatoms. The lowest BCUT2D eigenvalue weighted by atomic mass is 10.1. The predicted octanol–water partition coefficient (Wildman–Crippen LogP) is 0.680. The maximum atomic E-state index is 12.0. The van der Waals surface area contributed by atoms with Gasteiger partial charge in [-0.05, 0) is 24.3 Å². The summed E-state index contributed by atoms with van der Waals surface area (Å²) >= 11 is 0. The first-order valence-electron chi connectivity index (χ1n) is 6.48. The van der Waals surface area contributed by atoms with E-state index < -0.39 is 5.97 Å². The third-order valence-electron chi connectivity index (χ3n) is 3.21. The molecule has 0 saturated carbocycles. The normalized spacial score (nSPS) is 14.9. The molecular formula is C14H18N2O4. The Labute approximate surface area is 117 Å². The highest BCUT2D eigenvalue weighted by molar-refractivity contribution is 5.95. The first-order valence-corrected chi connectivity index (χ1v) is 6.48. The molecule has 1 amide bonds. The Kier molecular flexibility index (Phi) is 4.57. The molecule has 1 aromatic rings. The van der Waals surface area contributed by atoms with E-state index in [2.05, 4.69) is 4.90 Å². The van der Waals surface area contributed by atoms with Crippen molar-refractivity contribution in [2.75, 3.05) is 44.8 Å². The number of hydrogen-bond donors (Lipinski definition) is 1. The molecule has 0 atom stereocenters. The van der Waals surface area contributed by atoms with Crippen molar-refractivity contribution in [1.82, 2.24) is 4.90 Å². The van der Waals surface area contributed by atoms with E-state index >= 15 is 0 Å². The highest BCUT2D eigenvalue weighted by Gasteiger charge is 2.15. The Balaban J connectivity index is 2.03. The van der Waals surface area contributed by atoms with Crippen molar-refractivity contribution in [3.05, 3.63) is 29.8 Å². The molecule has 2 rings (SSSR count). The Bertz CT molecular complexity index is 480. The summed E-state index contributed by atoms with van der Waals surface area (Å²) in [6.07, 6.45) is 0. The lowest BCUT2D eigenvalue weighted by molar-refractivity contribution is -0.137. The van der Waals surface area contributed by atoms with Gasteiger partial charge in [-0.1, -0.05) is 0 Å². The molecule has 108 valence electrons. The summed E-state index contributed by atoms with van der Waals surface area (Å²) in [5.74, 6) is -1.31. The Hall–Kier alpha value is -2.08. The molecule has 0 aliphatic carbocycles. The second-order valence-electron chi connectivity index (χ2n) is 4.70. The maximum absolute atomic E-state index is 12.0. The van der Waals surface area contributed by atoms with Crippen molar-refractivity contribution < 1.29 is 19.4 Å². The van der Waals surface area contributed by atoms with Crippen LogP contribution in [0.5, 0.6) is 0 Å². The van der Waals surface area contributed by atoms with Crippen LogP contribution < -0.4 is 4.90 Å². The molecule has 20 heavy (non-hydrogen) atoms. The zero-order valence-corrected chi connectivity index (χ0v) is 11.4. The number of carboxylic acid groups (broad SMARTS) is 1. The van der Waals surface area contributed by atoms with Crippen molar-refractivity contribution >= 4 is 17.6 Å². The van der Waals surface area contributed by atoms with Crippen LogP contribution in [0, 0.1) is 0 Å². The number of benzene rings is 1. The SMILES string of the molecule is CN(CC(=O)O)C(=O)c1ccc(N2CCOCC2)cc1. The number of carbonyl (C=O) groups excluding carboxylic acids is 1.